The van der Waals surface area contributed by atoms with Crippen LogP contribution in [0.2, 0.25) is 5.02 Å². The Balaban J connectivity index is 1.58. The van der Waals surface area contributed by atoms with E-state index in [4.69, 9.17) is 20.9 Å². The number of hydrogen-bond acceptors (Lipinski definition) is 5. The van der Waals surface area contributed by atoms with E-state index >= 15 is 0 Å². The predicted octanol–water partition coefficient (Wildman–Crippen LogP) is 3.78. The van der Waals surface area contributed by atoms with Crippen molar-refractivity contribution in [2.45, 2.75) is 26.5 Å². The van der Waals surface area contributed by atoms with Gasteiger partial charge in [0.15, 0.2) is 6.10 Å². The number of rotatable bonds is 6. The zero-order valence-electron chi connectivity index (χ0n) is 14.4. The van der Waals surface area contributed by atoms with Crippen molar-refractivity contribution in [3.05, 3.63) is 65.0 Å². The van der Waals surface area contributed by atoms with Gasteiger partial charge in [-0.1, -0.05) is 47.1 Å². The number of benzene rings is 2. The monoisotopic (exact) mass is 371 g/mol. The van der Waals surface area contributed by atoms with E-state index < -0.39 is 6.10 Å². The van der Waals surface area contributed by atoms with Gasteiger partial charge in [0.05, 0.1) is 11.6 Å². The number of ether oxygens (including phenoxy) is 1. The van der Waals surface area contributed by atoms with Crippen LogP contribution >= 0.6 is 11.6 Å². The summed E-state index contributed by atoms with van der Waals surface area (Å²) >= 11 is 6.12. The number of nitrogens with one attached hydrogen (secondary N) is 1. The first-order chi connectivity index (χ1) is 12.5. The lowest BCUT2D eigenvalue weighted by Crippen LogP contribution is -2.36. The highest BCUT2D eigenvalue weighted by Gasteiger charge is 2.17. The van der Waals surface area contributed by atoms with Crippen molar-refractivity contribution in [3.8, 4) is 17.1 Å². The van der Waals surface area contributed by atoms with Crippen molar-refractivity contribution >= 4 is 17.5 Å². The number of nitrogens with zero attached hydrogens (tertiary/aromatic N) is 2. The van der Waals surface area contributed by atoms with Crippen LogP contribution in [0.25, 0.3) is 11.4 Å². The maximum Gasteiger partial charge on any atom is 0.261 e. The van der Waals surface area contributed by atoms with Gasteiger partial charge in [0, 0.05) is 5.56 Å². The van der Waals surface area contributed by atoms with Crippen LogP contribution in [0.15, 0.2) is 53.1 Å². The summed E-state index contributed by atoms with van der Waals surface area (Å²) in [6, 6.07) is 14.7. The van der Waals surface area contributed by atoms with Crippen LogP contribution in [0, 0.1) is 6.92 Å². The van der Waals surface area contributed by atoms with Gasteiger partial charge >= 0.3 is 0 Å². The fourth-order valence-electron chi connectivity index (χ4n) is 2.32. The fourth-order valence-corrected chi connectivity index (χ4v) is 2.54. The van der Waals surface area contributed by atoms with Crippen LogP contribution in [0.4, 0.5) is 0 Å². The molecule has 1 aromatic heterocycles. The van der Waals surface area contributed by atoms with Gasteiger partial charge in [-0.2, -0.15) is 4.98 Å². The van der Waals surface area contributed by atoms with E-state index in [0.29, 0.717) is 22.2 Å². The van der Waals surface area contributed by atoms with Gasteiger partial charge in [-0.25, -0.2) is 0 Å². The Labute approximate surface area is 156 Å². The molecule has 0 fully saturated rings. The van der Waals surface area contributed by atoms with E-state index in [1.54, 1.807) is 19.1 Å². The highest BCUT2D eigenvalue weighted by molar-refractivity contribution is 6.33. The zero-order valence-corrected chi connectivity index (χ0v) is 15.2. The molecule has 1 N–H and O–H groups in total. The Kier molecular flexibility index (Phi) is 5.53. The van der Waals surface area contributed by atoms with E-state index in [-0.39, 0.29) is 18.3 Å². The second-order valence-electron chi connectivity index (χ2n) is 5.73. The molecule has 3 rings (SSSR count). The van der Waals surface area contributed by atoms with Gasteiger partial charge < -0.3 is 14.6 Å². The Bertz CT molecular complexity index is 910. The smallest absolute Gasteiger partial charge is 0.261 e. The molecule has 0 aliphatic heterocycles. The van der Waals surface area contributed by atoms with Crippen molar-refractivity contribution in [2.24, 2.45) is 0 Å². The van der Waals surface area contributed by atoms with Crippen molar-refractivity contribution < 1.29 is 14.1 Å². The first-order valence-corrected chi connectivity index (χ1v) is 8.50. The molecule has 26 heavy (non-hydrogen) atoms. The van der Waals surface area contributed by atoms with E-state index in [9.17, 15) is 4.79 Å². The third kappa shape index (κ3) is 4.21. The van der Waals surface area contributed by atoms with Crippen LogP contribution in [-0.2, 0) is 11.3 Å². The van der Waals surface area contributed by atoms with E-state index in [1.165, 1.54) is 0 Å². The van der Waals surface area contributed by atoms with Crippen LogP contribution in [0.5, 0.6) is 5.75 Å². The molecule has 2 aromatic carbocycles. The third-order valence-corrected chi connectivity index (χ3v) is 4.09. The number of amides is 1. The topological polar surface area (TPSA) is 77.2 Å². The number of carbonyl (C=O) groups excluding carboxylic acids is 1. The molecule has 0 saturated carbocycles. The molecule has 134 valence electrons. The Hall–Kier alpha value is -2.86. The van der Waals surface area contributed by atoms with Crippen molar-refractivity contribution in [1.29, 1.82) is 0 Å². The standard InChI is InChI=1S/C19H18ClN3O3/c1-12-7-3-6-10-16(12)25-13(2)19(24)21-11-17-22-18(23-26-17)14-8-4-5-9-15(14)20/h3-10,13H,11H2,1-2H3,(H,21,24)/t13-/m1/s1. The first-order valence-electron chi connectivity index (χ1n) is 8.12. The fraction of sp³-hybridized carbons (Fsp3) is 0.211. The van der Waals surface area contributed by atoms with Crippen molar-refractivity contribution in [2.75, 3.05) is 0 Å². The number of aryl methyl sites for hydroxylation is 1. The minimum atomic E-state index is -0.651. The van der Waals surface area contributed by atoms with Gasteiger partial charge in [-0.3, -0.25) is 4.79 Å². The molecule has 6 nitrogen and oxygen atoms in total. The second kappa shape index (κ2) is 8.01. The number of aromatic nitrogens is 2. The second-order valence-corrected chi connectivity index (χ2v) is 6.14. The molecule has 1 amide bonds. The third-order valence-electron chi connectivity index (χ3n) is 3.76. The molecule has 3 aromatic rings. The molecular weight excluding hydrogens is 354 g/mol. The normalized spacial score (nSPS) is 11.8. The SMILES string of the molecule is Cc1ccccc1O[C@H](C)C(=O)NCc1nc(-c2ccccc2Cl)no1. The molecule has 1 atom stereocenters. The quantitative estimate of drug-likeness (QED) is 0.713. The summed E-state index contributed by atoms with van der Waals surface area (Å²) in [5.74, 6) is 1.07. The minimum Gasteiger partial charge on any atom is -0.481 e. The first kappa shape index (κ1) is 17.9. The van der Waals surface area contributed by atoms with Crippen LogP contribution in [-0.4, -0.2) is 22.2 Å². The lowest BCUT2D eigenvalue weighted by molar-refractivity contribution is -0.127. The minimum absolute atomic E-state index is 0.109. The molecule has 7 heteroatoms. The highest BCUT2D eigenvalue weighted by Crippen LogP contribution is 2.24. The molecule has 0 aliphatic carbocycles. The Morgan fingerprint density at radius 2 is 1.96 bits per heavy atom. The van der Waals surface area contributed by atoms with E-state index in [1.807, 2.05) is 43.3 Å². The lowest BCUT2D eigenvalue weighted by Gasteiger charge is -2.15. The summed E-state index contributed by atoms with van der Waals surface area (Å²) < 4.78 is 10.9. The van der Waals surface area contributed by atoms with Crippen LogP contribution in [0.3, 0.4) is 0 Å². The molecular formula is C19H18ClN3O3. The van der Waals surface area contributed by atoms with Gasteiger partial charge in [0.2, 0.25) is 11.7 Å². The number of hydrogen-bond donors (Lipinski definition) is 1. The molecule has 0 radical (unpaired) electrons. The van der Waals surface area contributed by atoms with Gasteiger partial charge in [-0.05, 0) is 37.6 Å². The van der Waals surface area contributed by atoms with Crippen molar-refractivity contribution in [1.82, 2.24) is 15.5 Å². The maximum absolute atomic E-state index is 12.2. The zero-order chi connectivity index (χ0) is 18.5. The Morgan fingerprint density at radius 1 is 1.23 bits per heavy atom. The molecule has 0 aliphatic rings. The summed E-state index contributed by atoms with van der Waals surface area (Å²) in [7, 11) is 0. The molecule has 1 heterocycles. The van der Waals surface area contributed by atoms with Crippen LogP contribution in [0.1, 0.15) is 18.4 Å². The van der Waals surface area contributed by atoms with E-state index in [2.05, 4.69) is 15.5 Å². The predicted molar refractivity (Wildman–Crippen MR) is 97.9 cm³/mol. The molecule has 0 bridgehead atoms. The van der Waals surface area contributed by atoms with Gasteiger partial charge in [0.1, 0.15) is 5.75 Å². The van der Waals surface area contributed by atoms with E-state index in [0.717, 1.165) is 5.56 Å². The highest BCUT2D eigenvalue weighted by atomic mass is 35.5. The van der Waals surface area contributed by atoms with Gasteiger partial charge in [-0.15, -0.1) is 0 Å². The van der Waals surface area contributed by atoms with Crippen molar-refractivity contribution in [3.63, 3.8) is 0 Å². The number of para-hydroxylation sites is 1. The summed E-state index contributed by atoms with van der Waals surface area (Å²) in [6.07, 6.45) is -0.651. The molecule has 0 saturated heterocycles. The number of halogens is 1. The lowest BCUT2D eigenvalue weighted by atomic mass is 10.2. The van der Waals surface area contributed by atoms with Gasteiger partial charge in [0.25, 0.3) is 5.91 Å². The number of carbonyl (C=O) groups is 1. The maximum atomic E-state index is 12.2. The van der Waals surface area contributed by atoms with Crippen LogP contribution < -0.4 is 10.1 Å². The molecule has 0 unspecified atom stereocenters. The average Bonchev–Trinajstić information content (AvgIpc) is 3.10. The summed E-state index contributed by atoms with van der Waals surface area (Å²) in [4.78, 5) is 16.5. The average molecular weight is 372 g/mol. The summed E-state index contributed by atoms with van der Waals surface area (Å²) in [5, 5.41) is 7.15. The summed E-state index contributed by atoms with van der Waals surface area (Å²) in [6.45, 7) is 3.72. The largest absolute Gasteiger partial charge is 0.481 e. The molecule has 0 spiro atoms. The summed E-state index contributed by atoms with van der Waals surface area (Å²) in [5.41, 5.74) is 1.64. The Morgan fingerprint density at radius 3 is 2.73 bits per heavy atom.